The van der Waals surface area contributed by atoms with Crippen molar-refractivity contribution in [1.82, 2.24) is 16.2 Å². The van der Waals surface area contributed by atoms with Gasteiger partial charge in [0.2, 0.25) is 5.91 Å². The number of benzene rings is 2. The Morgan fingerprint density at radius 3 is 2.39 bits per heavy atom. The van der Waals surface area contributed by atoms with Gasteiger partial charge in [0.05, 0.1) is 17.4 Å². The van der Waals surface area contributed by atoms with Crippen LogP contribution in [0.2, 0.25) is 0 Å². The maximum atomic E-state index is 12.2. The molecule has 0 spiro atoms. The number of primary amides is 1. The van der Waals surface area contributed by atoms with Crippen LogP contribution in [0.25, 0.3) is 0 Å². The molecule has 10 nitrogen and oxygen atoms in total. The van der Waals surface area contributed by atoms with Gasteiger partial charge < -0.3 is 11.1 Å². The van der Waals surface area contributed by atoms with Crippen molar-refractivity contribution in [2.24, 2.45) is 5.73 Å². The predicted octanol–water partition coefficient (Wildman–Crippen LogP) is 1.46. The van der Waals surface area contributed by atoms with Crippen molar-refractivity contribution >= 4 is 23.5 Å². The summed E-state index contributed by atoms with van der Waals surface area (Å²) in [5.74, 6) is -1.30. The lowest BCUT2D eigenvalue weighted by Gasteiger charge is -2.18. The van der Waals surface area contributed by atoms with E-state index in [1.54, 1.807) is 12.1 Å². The number of nitro groups is 1. The Labute approximate surface area is 160 Å². The van der Waals surface area contributed by atoms with Crippen molar-refractivity contribution in [3.8, 4) is 0 Å². The quantitative estimate of drug-likeness (QED) is 0.437. The van der Waals surface area contributed by atoms with Gasteiger partial charge in [-0.3, -0.25) is 30.6 Å². The lowest BCUT2D eigenvalue weighted by molar-refractivity contribution is -0.384. The highest BCUT2D eigenvalue weighted by molar-refractivity contribution is 5.96. The average molecular weight is 385 g/mol. The summed E-state index contributed by atoms with van der Waals surface area (Å²) in [6.07, 6.45) is -0.179. The third-order valence-corrected chi connectivity index (χ3v) is 3.82. The highest BCUT2D eigenvalue weighted by Gasteiger charge is 2.18. The number of non-ortho nitro benzene ring substituents is 1. The van der Waals surface area contributed by atoms with Crippen molar-refractivity contribution in [3.63, 3.8) is 0 Å². The van der Waals surface area contributed by atoms with Crippen molar-refractivity contribution in [1.29, 1.82) is 0 Å². The van der Waals surface area contributed by atoms with Gasteiger partial charge in [0.1, 0.15) is 0 Å². The molecule has 10 heteroatoms. The van der Waals surface area contributed by atoms with Crippen LogP contribution in [-0.4, -0.2) is 22.8 Å². The topological polar surface area (TPSA) is 156 Å². The molecular formula is C18H19N5O5. The molecule has 0 aliphatic heterocycles. The Kier molecular flexibility index (Phi) is 6.63. The third-order valence-electron chi connectivity index (χ3n) is 3.82. The number of rotatable bonds is 6. The zero-order valence-electron chi connectivity index (χ0n) is 15.0. The van der Waals surface area contributed by atoms with Crippen LogP contribution in [0.3, 0.4) is 0 Å². The minimum atomic E-state index is -0.793. The van der Waals surface area contributed by atoms with Gasteiger partial charge in [0.15, 0.2) is 0 Å². The fraction of sp³-hybridized carbons (Fsp3) is 0.167. The summed E-state index contributed by atoms with van der Waals surface area (Å²) in [7, 11) is 0. The van der Waals surface area contributed by atoms with Crippen LogP contribution in [0.15, 0.2) is 48.5 Å². The number of carbonyl (C=O) groups is 3. The van der Waals surface area contributed by atoms with Crippen LogP contribution in [0, 0.1) is 17.0 Å². The molecule has 146 valence electrons. The molecule has 0 saturated carbocycles. The third kappa shape index (κ3) is 5.80. The SMILES string of the molecule is Cc1ccc([C@H](CC(=O)NNC(=O)c2cccc([N+](=O)[O-])c2)NC(N)=O)cc1. The second-order valence-electron chi connectivity index (χ2n) is 5.99. The maximum absolute atomic E-state index is 12.2. The number of nitrogens with one attached hydrogen (secondary N) is 3. The largest absolute Gasteiger partial charge is 0.352 e. The van der Waals surface area contributed by atoms with Crippen LogP contribution in [0.1, 0.15) is 33.9 Å². The van der Waals surface area contributed by atoms with E-state index in [0.717, 1.165) is 11.6 Å². The minimum Gasteiger partial charge on any atom is -0.352 e. The first-order valence-electron chi connectivity index (χ1n) is 8.22. The number of nitrogens with two attached hydrogens (primary N) is 1. The second-order valence-corrected chi connectivity index (χ2v) is 5.99. The van der Waals surface area contributed by atoms with E-state index in [2.05, 4.69) is 16.2 Å². The van der Waals surface area contributed by atoms with E-state index in [4.69, 9.17) is 5.73 Å². The number of urea groups is 1. The van der Waals surface area contributed by atoms with E-state index in [1.807, 2.05) is 19.1 Å². The number of aryl methyl sites for hydroxylation is 1. The van der Waals surface area contributed by atoms with E-state index < -0.39 is 28.8 Å². The summed E-state index contributed by atoms with van der Waals surface area (Å²) >= 11 is 0. The van der Waals surface area contributed by atoms with Crippen LogP contribution in [0.4, 0.5) is 10.5 Å². The lowest BCUT2D eigenvalue weighted by atomic mass is 10.0. The van der Waals surface area contributed by atoms with Gasteiger partial charge in [0, 0.05) is 17.7 Å². The normalized spacial score (nSPS) is 11.2. The zero-order chi connectivity index (χ0) is 20.7. The summed E-state index contributed by atoms with van der Waals surface area (Å²) < 4.78 is 0. The van der Waals surface area contributed by atoms with E-state index in [-0.39, 0.29) is 17.7 Å². The smallest absolute Gasteiger partial charge is 0.312 e. The van der Waals surface area contributed by atoms with Gasteiger partial charge in [-0.2, -0.15) is 0 Å². The first-order valence-corrected chi connectivity index (χ1v) is 8.22. The van der Waals surface area contributed by atoms with Crippen molar-refractivity contribution < 1.29 is 19.3 Å². The Balaban J connectivity index is 1.99. The number of hydrazine groups is 1. The molecule has 2 aromatic rings. The van der Waals surface area contributed by atoms with Gasteiger partial charge in [-0.15, -0.1) is 0 Å². The van der Waals surface area contributed by atoms with E-state index in [9.17, 15) is 24.5 Å². The Bertz CT molecular complexity index is 897. The summed E-state index contributed by atoms with van der Waals surface area (Å²) in [4.78, 5) is 45.6. The van der Waals surface area contributed by atoms with Crippen molar-refractivity contribution in [2.45, 2.75) is 19.4 Å². The van der Waals surface area contributed by atoms with Crippen LogP contribution in [0.5, 0.6) is 0 Å². The number of nitrogens with zero attached hydrogens (tertiary/aromatic N) is 1. The standard InChI is InChI=1S/C18H19N5O5/c1-11-5-7-12(8-6-11)15(20-18(19)26)10-16(24)21-22-17(25)13-3-2-4-14(9-13)23(27)28/h2-9,15H,10H2,1H3,(H,21,24)(H,22,25)(H3,19,20,26)/t15-/m0/s1. The molecule has 0 saturated heterocycles. The Hall–Kier alpha value is -3.95. The molecule has 0 bridgehead atoms. The van der Waals surface area contributed by atoms with Crippen LogP contribution >= 0.6 is 0 Å². The average Bonchev–Trinajstić information content (AvgIpc) is 2.66. The monoisotopic (exact) mass is 385 g/mol. The van der Waals surface area contributed by atoms with E-state index >= 15 is 0 Å². The van der Waals surface area contributed by atoms with Crippen LogP contribution in [-0.2, 0) is 4.79 Å². The van der Waals surface area contributed by atoms with E-state index in [0.29, 0.717) is 5.56 Å². The predicted molar refractivity (Wildman–Crippen MR) is 100.0 cm³/mol. The molecule has 0 aliphatic carbocycles. The maximum Gasteiger partial charge on any atom is 0.312 e. The summed E-state index contributed by atoms with van der Waals surface area (Å²) in [5.41, 5.74) is 11.0. The Morgan fingerprint density at radius 2 is 1.79 bits per heavy atom. The second kappa shape index (κ2) is 9.12. The molecule has 28 heavy (non-hydrogen) atoms. The Morgan fingerprint density at radius 1 is 1.11 bits per heavy atom. The number of hydrogen-bond donors (Lipinski definition) is 4. The van der Waals surface area contributed by atoms with Gasteiger partial charge in [-0.1, -0.05) is 35.9 Å². The molecule has 5 N–H and O–H groups in total. The molecule has 2 rings (SSSR count). The molecule has 0 unspecified atom stereocenters. The van der Waals surface area contributed by atoms with Gasteiger partial charge in [0.25, 0.3) is 11.6 Å². The lowest BCUT2D eigenvalue weighted by Crippen LogP contribution is -2.44. The number of carbonyl (C=O) groups excluding carboxylic acids is 3. The molecule has 0 radical (unpaired) electrons. The van der Waals surface area contributed by atoms with Crippen molar-refractivity contribution in [2.75, 3.05) is 0 Å². The highest BCUT2D eigenvalue weighted by Crippen LogP contribution is 2.17. The summed E-state index contributed by atoms with van der Waals surface area (Å²) in [6.45, 7) is 1.90. The molecule has 4 amide bonds. The highest BCUT2D eigenvalue weighted by atomic mass is 16.6. The molecular weight excluding hydrogens is 366 g/mol. The first kappa shape index (κ1) is 20.4. The molecule has 1 atom stereocenters. The first-order chi connectivity index (χ1) is 13.3. The molecule has 0 aromatic heterocycles. The van der Waals surface area contributed by atoms with Crippen molar-refractivity contribution in [3.05, 3.63) is 75.3 Å². The molecule has 0 aliphatic rings. The number of amides is 4. The van der Waals surface area contributed by atoms with Gasteiger partial charge in [-0.25, -0.2) is 4.79 Å². The zero-order valence-corrected chi connectivity index (χ0v) is 15.0. The van der Waals surface area contributed by atoms with Crippen LogP contribution < -0.4 is 21.9 Å². The number of hydrogen-bond acceptors (Lipinski definition) is 5. The fourth-order valence-corrected chi connectivity index (χ4v) is 2.42. The fourth-order valence-electron chi connectivity index (χ4n) is 2.42. The summed E-state index contributed by atoms with van der Waals surface area (Å²) in [6, 6.07) is 10.8. The summed E-state index contributed by atoms with van der Waals surface area (Å²) in [5, 5.41) is 13.2. The van der Waals surface area contributed by atoms with Gasteiger partial charge >= 0.3 is 6.03 Å². The van der Waals surface area contributed by atoms with Gasteiger partial charge in [-0.05, 0) is 18.6 Å². The molecule has 0 heterocycles. The molecule has 0 fully saturated rings. The number of nitro benzene ring substituents is 1. The molecule has 2 aromatic carbocycles. The minimum absolute atomic E-state index is 0.0137. The van der Waals surface area contributed by atoms with E-state index in [1.165, 1.54) is 18.2 Å².